The molecule has 0 radical (unpaired) electrons. The predicted molar refractivity (Wildman–Crippen MR) is 57.6 cm³/mol. The van der Waals surface area contributed by atoms with Crippen LogP contribution in [0.3, 0.4) is 0 Å². The minimum absolute atomic E-state index is 0.213. The quantitative estimate of drug-likeness (QED) is 0.604. The second-order valence-electron chi connectivity index (χ2n) is 3.25. The van der Waals surface area contributed by atoms with Gasteiger partial charge in [-0.05, 0) is 19.1 Å². The fraction of sp³-hybridized carbons (Fsp3) is 0.364. The summed E-state index contributed by atoms with van der Waals surface area (Å²) >= 11 is 0. The van der Waals surface area contributed by atoms with E-state index in [1.807, 2.05) is 12.1 Å². The van der Waals surface area contributed by atoms with Gasteiger partial charge in [-0.1, -0.05) is 12.1 Å². The first-order chi connectivity index (χ1) is 7.13. The van der Waals surface area contributed by atoms with Crippen molar-refractivity contribution in [3.8, 4) is 5.75 Å². The molecule has 0 saturated carbocycles. The highest BCUT2D eigenvalue weighted by Crippen LogP contribution is 2.21. The molecule has 0 aliphatic heterocycles. The van der Waals surface area contributed by atoms with Gasteiger partial charge >= 0.3 is 5.97 Å². The Morgan fingerprint density at radius 1 is 1.47 bits per heavy atom. The van der Waals surface area contributed by atoms with E-state index in [0.29, 0.717) is 11.4 Å². The van der Waals surface area contributed by atoms with Crippen molar-refractivity contribution in [2.24, 2.45) is 0 Å². The summed E-state index contributed by atoms with van der Waals surface area (Å²) in [5, 5.41) is 0. The lowest BCUT2D eigenvalue weighted by Crippen LogP contribution is -2.18. The third kappa shape index (κ3) is 3.50. The average Bonchev–Trinajstić information content (AvgIpc) is 2.21. The Morgan fingerprint density at radius 3 is 2.73 bits per heavy atom. The fourth-order valence-corrected chi connectivity index (χ4v) is 1.16. The van der Waals surface area contributed by atoms with Crippen LogP contribution in [-0.4, -0.2) is 19.2 Å². The van der Waals surface area contributed by atoms with E-state index in [0.717, 1.165) is 0 Å². The Labute approximate surface area is 89.0 Å². The highest BCUT2D eigenvalue weighted by molar-refractivity contribution is 5.69. The number of benzene rings is 1. The van der Waals surface area contributed by atoms with Crippen molar-refractivity contribution in [3.63, 3.8) is 0 Å². The van der Waals surface area contributed by atoms with Crippen LogP contribution >= 0.6 is 0 Å². The summed E-state index contributed by atoms with van der Waals surface area (Å²) in [6.07, 6.45) is -0.0349. The van der Waals surface area contributed by atoms with Crippen LogP contribution in [0.4, 0.5) is 5.69 Å². The normalized spacial score (nSPS) is 11.9. The van der Waals surface area contributed by atoms with Crippen LogP contribution in [0.2, 0.25) is 0 Å². The van der Waals surface area contributed by atoms with Crippen LogP contribution in [0.5, 0.6) is 5.75 Å². The largest absolute Gasteiger partial charge is 0.488 e. The van der Waals surface area contributed by atoms with Gasteiger partial charge in [-0.3, -0.25) is 4.79 Å². The molecule has 1 aromatic rings. The number of esters is 1. The SMILES string of the molecule is COC(=O)C[C@@H](C)Oc1ccccc1N. The summed E-state index contributed by atoms with van der Waals surface area (Å²) in [5.74, 6) is 0.297. The van der Waals surface area contributed by atoms with Gasteiger partial charge in [-0.25, -0.2) is 0 Å². The number of nitrogen functional groups attached to an aromatic ring is 1. The van der Waals surface area contributed by atoms with Gasteiger partial charge in [0.25, 0.3) is 0 Å². The zero-order valence-corrected chi connectivity index (χ0v) is 8.90. The number of hydrogen-bond donors (Lipinski definition) is 1. The van der Waals surface area contributed by atoms with E-state index in [4.69, 9.17) is 10.5 Å². The lowest BCUT2D eigenvalue weighted by Gasteiger charge is -2.14. The summed E-state index contributed by atoms with van der Waals surface area (Å²) in [5.41, 5.74) is 6.26. The van der Waals surface area contributed by atoms with Gasteiger partial charge in [0.15, 0.2) is 0 Å². The molecule has 0 saturated heterocycles. The second kappa shape index (κ2) is 5.24. The van der Waals surface area contributed by atoms with Gasteiger partial charge in [-0.2, -0.15) is 0 Å². The summed E-state index contributed by atoms with van der Waals surface area (Å²) in [7, 11) is 1.35. The number of ether oxygens (including phenoxy) is 2. The Bertz CT molecular complexity index is 338. The molecule has 0 fully saturated rings. The third-order valence-corrected chi connectivity index (χ3v) is 1.93. The highest BCUT2D eigenvalue weighted by Gasteiger charge is 2.11. The maximum absolute atomic E-state index is 11.0. The van der Waals surface area contributed by atoms with Crippen molar-refractivity contribution in [2.75, 3.05) is 12.8 Å². The number of rotatable bonds is 4. The molecule has 0 aliphatic carbocycles. The number of carbonyl (C=O) groups excluding carboxylic acids is 1. The number of nitrogens with two attached hydrogens (primary N) is 1. The molecule has 1 atom stereocenters. The average molecular weight is 209 g/mol. The van der Waals surface area contributed by atoms with E-state index in [-0.39, 0.29) is 18.5 Å². The van der Waals surface area contributed by atoms with Crippen LogP contribution in [-0.2, 0) is 9.53 Å². The maximum atomic E-state index is 11.0. The smallest absolute Gasteiger partial charge is 0.309 e. The van der Waals surface area contributed by atoms with Crippen LogP contribution in [0.25, 0.3) is 0 Å². The molecular formula is C11H15NO3. The van der Waals surface area contributed by atoms with Crippen LogP contribution in [0.15, 0.2) is 24.3 Å². The van der Waals surface area contributed by atoms with Gasteiger partial charge in [-0.15, -0.1) is 0 Å². The maximum Gasteiger partial charge on any atom is 0.309 e. The van der Waals surface area contributed by atoms with Gasteiger partial charge in [0.1, 0.15) is 11.9 Å². The van der Waals surface area contributed by atoms with Crippen molar-refractivity contribution in [2.45, 2.75) is 19.4 Å². The third-order valence-electron chi connectivity index (χ3n) is 1.93. The molecule has 0 aliphatic rings. The van der Waals surface area contributed by atoms with E-state index < -0.39 is 0 Å². The van der Waals surface area contributed by atoms with Gasteiger partial charge in [0.2, 0.25) is 0 Å². The van der Waals surface area contributed by atoms with Gasteiger partial charge in [0, 0.05) is 0 Å². The van der Waals surface area contributed by atoms with Crippen LogP contribution in [0, 0.1) is 0 Å². The Hall–Kier alpha value is -1.71. The Morgan fingerprint density at radius 2 is 2.13 bits per heavy atom. The van der Waals surface area contributed by atoms with Crippen molar-refractivity contribution in [1.82, 2.24) is 0 Å². The molecule has 0 aromatic heterocycles. The zero-order valence-electron chi connectivity index (χ0n) is 8.90. The topological polar surface area (TPSA) is 61.5 Å². The van der Waals surface area contributed by atoms with Gasteiger partial charge < -0.3 is 15.2 Å². The Kier molecular flexibility index (Phi) is 3.97. The monoisotopic (exact) mass is 209 g/mol. The molecule has 0 heterocycles. The van der Waals surface area contributed by atoms with Crippen molar-refractivity contribution in [1.29, 1.82) is 0 Å². The summed E-state index contributed by atoms with van der Waals surface area (Å²) in [6, 6.07) is 7.17. The molecule has 82 valence electrons. The van der Waals surface area contributed by atoms with E-state index >= 15 is 0 Å². The van der Waals surface area contributed by atoms with Gasteiger partial charge in [0.05, 0.1) is 19.2 Å². The minimum atomic E-state index is -0.294. The molecule has 1 rings (SSSR count). The lowest BCUT2D eigenvalue weighted by atomic mass is 10.2. The van der Waals surface area contributed by atoms with Crippen LogP contribution in [0.1, 0.15) is 13.3 Å². The number of anilines is 1. The van der Waals surface area contributed by atoms with Crippen molar-refractivity contribution in [3.05, 3.63) is 24.3 Å². The minimum Gasteiger partial charge on any atom is -0.488 e. The second-order valence-corrected chi connectivity index (χ2v) is 3.25. The molecule has 15 heavy (non-hydrogen) atoms. The first kappa shape index (κ1) is 11.4. The Balaban J connectivity index is 2.55. The molecule has 0 amide bonds. The van der Waals surface area contributed by atoms with E-state index in [1.165, 1.54) is 7.11 Å². The van der Waals surface area contributed by atoms with Crippen molar-refractivity contribution >= 4 is 11.7 Å². The summed E-state index contributed by atoms with van der Waals surface area (Å²) in [6.45, 7) is 1.80. The lowest BCUT2D eigenvalue weighted by molar-refractivity contribution is -0.142. The summed E-state index contributed by atoms with van der Waals surface area (Å²) < 4.78 is 10.0. The molecule has 0 bridgehead atoms. The highest BCUT2D eigenvalue weighted by atomic mass is 16.5. The zero-order chi connectivity index (χ0) is 11.3. The van der Waals surface area contributed by atoms with E-state index in [2.05, 4.69) is 4.74 Å². The predicted octanol–water partition coefficient (Wildman–Crippen LogP) is 1.60. The first-order valence-corrected chi connectivity index (χ1v) is 4.71. The van der Waals surface area contributed by atoms with E-state index in [9.17, 15) is 4.79 Å². The molecule has 0 unspecified atom stereocenters. The number of methoxy groups -OCH3 is 1. The number of carbonyl (C=O) groups is 1. The molecule has 0 spiro atoms. The van der Waals surface area contributed by atoms with Crippen molar-refractivity contribution < 1.29 is 14.3 Å². The number of para-hydroxylation sites is 2. The molecular weight excluding hydrogens is 194 g/mol. The van der Waals surface area contributed by atoms with E-state index in [1.54, 1.807) is 19.1 Å². The number of hydrogen-bond acceptors (Lipinski definition) is 4. The fourth-order valence-electron chi connectivity index (χ4n) is 1.16. The summed E-state index contributed by atoms with van der Waals surface area (Å²) in [4.78, 5) is 11.0. The molecule has 4 nitrogen and oxygen atoms in total. The van der Waals surface area contributed by atoms with Crippen LogP contribution < -0.4 is 10.5 Å². The molecule has 1 aromatic carbocycles. The molecule has 4 heteroatoms. The molecule has 2 N–H and O–H groups in total. The first-order valence-electron chi connectivity index (χ1n) is 4.71. The standard InChI is InChI=1S/C11H15NO3/c1-8(7-11(13)14-2)15-10-6-4-3-5-9(10)12/h3-6,8H,7,12H2,1-2H3/t8-/m1/s1.